The molecule has 1 N–H and O–H groups in total. The second-order valence-corrected chi connectivity index (χ2v) is 14.6. The molecule has 0 bridgehead atoms. The summed E-state index contributed by atoms with van der Waals surface area (Å²) in [6.07, 6.45) is 7.93. The van der Waals surface area contributed by atoms with E-state index in [-0.39, 0.29) is 48.9 Å². The molecule has 0 amide bonds. The fourth-order valence-electron chi connectivity index (χ4n) is 6.83. The minimum absolute atomic E-state index is 0. The normalized spacial score (nSPS) is 12.2. The van der Waals surface area contributed by atoms with Crippen LogP contribution in [0.25, 0.3) is 44.0 Å². The van der Waals surface area contributed by atoms with E-state index in [0.717, 1.165) is 70.9 Å². The Morgan fingerprint density at radius 3 is 2.00 bits per heavy atom. The van der Waals surface area contributed by atoms with E-state index >= 15 is 0 Å². The summed E-state index contributed by atoms with van der Waals surface area (Å²) in [6.45, 7) is 23.9. The van der Waals surface area contributed by atoms with Crippen LogP contribution in [0.5, 0.6) is 0 Å². The van der Waals surface area contributed by atoms with Crippen molar-refractivity contribution >= 4 is 38.5 Å². The second-order valence-electron chi connectivity index (χ2n) is 14.6. The smallest absolute Gasteiger partial charge is 0.162 e. The van der Waals surface area contributed by atoms with E-state index in [1.54, 1.807) is 0 Å². The van der Waals surface area contributed by atoms with Crippen LogP contribution in [0.3, 0.4) is 0 Å². The molecule has 0 saturated heterocycles. The zero-order chi connectivity index (χ0) is 35.3. The van der Waals surface area contributed by atoms with Crippen molar-refractivity contribution in [3.05, 3.63) is 103 Å². The molecule has 3 aromatic carbocycles. The molecule has 0 aliphatic heterocycles. The number of hydrogen-bond donors (Lipinski definition) is 1. The van der Waals surface area contributed by atoms with Gasteiger partial charge >= 0.3 is 0 Å². The quantitative estimate of drug-likeness (QED) is 0.0660. The number of aromatic nitrogens is 1. The third-order valence-corrected chi connectivity index (χ3v) is 9.69. The van der Waals surface area contributed by atoms with Crippen molar-refractivity contribution in [3.8, 4) is 11.3 Å². The van der Waals surface area contributed by atoms with Gasteiger partial charge in [0.15, 0.2) is 5.78 Å². The number of carbonyl (C=O) groups excluding carboxylic acids is 1. The van der Waals surface area contributed by atoms with Crippen LogP contribution < -0.4 is 4.57 Å². The van der Waals surface area contributed by atoms with Gasteiger partial charge in [-0.25, -0.2) is 0 Å². The maximum Gasteiger partial charge on any atom is 0.162 e. The predicted molar refractivity (Wildman–Crippen MR) is 203 cm³/mol. The summed E-state index contributed by atoms with van der Waals surface area (Å²) in [5, 5.41) is 14.5. The van der Waals surface area contributed by atoms with Crippen LogP contribution in [0.4, 0.5) is 0 Å². The van der Waals surface area contributed by atoms with E-state index in [1.807, 2.05) is 38.5 Å². The number of nitrogens with zero attached hydrogens (tertiary/aromatic N) is 1. The zero-order valence-electron chi connectivity index (χ0n) is 31.1. The summed E-state index contributed by atoms with van der Waals surface area (Å²) < 4.78 is 8.58. The van der Waals surface area contributed by atoms with Crippen LogP contribution in [-0.4, -0.2) is 10.9 Å². The van der Waals surface area contributed by atoms with Crippen LogP contribution in [0.2, 0.25) is 0 Å². The summed E-state index contributed by atoms with van der Waals surface area (Å²) in [5.41, 5.74) is 7.45. The third kappa shape index (κ3) is 8.62. The molecule has 0 unspecified atom stereocenters. The molecule has 0 atom stereocenters. The number of furan rings is 1. The van der Waals surface area contributed by atoms with Crippen molar-refractivity contribution in [2.45, 2.75) is 99.8 Å². The number of rotatable bonds is 10. The van der Waals surface area contributed by atoms with Crippen LogP contribution in [0.1, 0.15) is 105 Å². The first-order chi connectivity index (χ1) is 22.8. The summed E-state index contributed by atoms with van der Waals surface area (Å²) in [4.78, 5) is 11.7. The van der Waals surface area contributed by atoms with Gasteiger partial charge in [0, 0.05) is 55.8 Å². The number of allylic oxidation sites excluding steroid dienone is 2. The van der Waals surface area contributed by atoms with Gasteiger partial charge in [-0.1, -0.05) is 110 Å². The van der Waals surface area contributed by atoms with E-state index in [1.165, 1.54) is 28.0 Å². The first-order valence-electron chi connectivity index (χ1n) is 17.8. The summed E-state index contributed by atoms with van der Waals surface area (Å²) in [5.74, 6) is 1.11. The Bertz CT molecular complexity index is 1920. The van der Waals surface area contributed by atoms with Crippen molar-refractivity contribution in [2.75, 3.05) is 0 Å². The zero-order valence-corrected chi connectivity index (χ0v) is 33.5. The van der Waals surface area contributed by atoms with Gasteiger partial charge in [0.25, 0.3) is 0 Å². The Hall–Kier alpha value is -3.53. The monoisotopic (exact) mass is 839 g/mol. The molecule has 5 heteroatoms. The molecule has 49 heavy (non-hydrogen) atoms. The second kappa shape index (κ2) is 16.9. The van der Waals surface area contributed by atoms with E-state index in [2.05, 4.69) is 103 Å². The fourth-order valence-corrected chi connectivity index (χ4v) is 6.83. The van der Waals surface area contributed by atoms with E-state index in [4.69, 9.17) is 4.42 Å². The van der Waals surface area contributed by atoms with Crippen LogP contribution in [0.15, 0.2) is 77.0 Å². The first kappa shape index (κ1) is 39.9. The van der Waals surface area contributed by atoms with Crippen LogP contribution in [0, 0.1) is 31.7 Å². The van der Waals surface area contributed by atoms with E-state index in [9.17, 15) is 9.90 Å². The average molecular weight is 839 g/mol. The van der Waals surface area contributed by atoms with Crippen molar-refractivity contribution in [2.24, 2.45) is 17.8 Å². The van der Waals surface area contributed by atoms with Crippen molar-refractivity contribution in [1.82, 2.24) is 0 Å². The molecule has 4 nitrogen and oxygen atoms in total. The molecule has 0 spiro atoms. The van der Waals surface area contributed by atoms with Gasteiger partial charge < -0.3 is 14.1 Å². The van der Waals surface area contributed by atoms with Crippen molar-refractivity contribution in [3.63, 3.8) is 0 Å². The number of ketones is 1. The maximum atomic E-state index is 11.7. The summed E-state index contributed by atoms with van der Waals surface area (Å²) in [7, 11) is 4.33. The molecule has 0 aliphatic carbocycles. The Labute approximate surface area is 308 Å². The van der Waals surface area contributed by atoms with Crippen LogP contribution in [-0.2, 0) is 36.7 Å². The van der Waals surface area contributed by atoms with Gasteiger partial charge in [-0.05, 0) is 55.1 Å². The van der Waals surface area contributed by atoms with Gasteiger partial charge in [-0.3, -0.25) is 4.79 Å². The van der Waals surface area contributed by atoms with E-state index in [0.29, 0.717) is 5.92 Å². The Morgan fingerprint density at radius 1 is 0.857 bits per heavy atom. The number of benzene rings is 3. The van der Waals surface area contributed by atoms with Crippen LogP contribution >= 0.6 is 0 Å². The molecule has 5 rings (SSSR count). The number of hydrogen-bond acceptors (Lipinski definition) is 3. The molecule has 0 fully saturated rings. The topological polar surface area (TPSA) is 54.3 Å². The molecular formula is C44H56IrNO3-. The van der Waals surface area contributed by atoms with E-state index < -0.39 is 0 Å². The molecule has 1 radical (unpaired) electrons. The maximum absolute atomic E-state index is 11.7. The third-order valence-electron chi connectivity index (χ3n) is 9.69. The summed E-state index contributed by atoms with van der Waals surface area (Å²) in [6, 6.07) is 19.5. The molecular weight excluding hydrogens is 783 g/mol. The number of pyridine rings is 1. The van der Waals surface area contributed by atoms with Crippen molar-refractivity contribution in [1.29, 1.82) is 0 Å². The molecule has 2 aromatic heterocycles. The van der Waals surface area contributed by atoms with Gasteiger partial charge in [-0.15, -0.1) is 23.1 Å². The first-order valence-corrected chi connectivity index (χ1v) is 17.8. The molecule has 2 heterocycles. The SMILES string of the molecule is CCC(CC)C(=O)/C=C(\O)C(CC)CC.[CH2-]c1c(-c2c3oc4c(CC(C)C)cccc4c3cc[n+]2[CH2-])cc(C(C)(C)C)c2ccccc12.[Ir]. The molecule has 265 valence electrons. The summed E-state index contributed by atoms with van der Waals surface area (Å²) >= 11 is 0. The molecule has 5 aromatic rings. The number of aliphatic hydroxyl groups excluding tert-OH is 1. The van der Waals surface area contributed by atoms with Gasteiger partial charge in [0.2, 0.25) is 0 Å². The number of aliphatic hydroxyl groups is 1. The van der Waals surface area contributed by atoms with Gasteiger partial charge in [-0.2, -0.15) is 12.5 Å². The number of fused-ring (bicyclic) bond motifs is 4. The minimum Gasteiger partial charge on any atom is -0.512 e. The largest absolute Gasteiger partial charge is 0.512 e. The average Bonchev–Trinajstić information content (AvgIpc) is 3.42. The standard InChI is InChI=1S/C31H32NO.C13H24O2.Ir/c1-19(2)17-21-11-10-14-24-25-15-16-32(7)28(30(25)33-29(21)24)26-18-27(31(4,5)6)23-13-9-8-12-22(23)20(26)3;1-5-10(6-2)12(14)9-13(15)11(7-3)8-4;/h8-16,18-19H,3,7,17H2,1-2,4-6H3;9-11,14H,5-8H2,1-4H3;/q-1;;/b;12-9-;. The molecule has 0 saturated carbocycles. The Kier molecular flexibility index (Phi) is 13.8. The Morgan fingerprint density at radius 2 is 1.43 bits per heavy atom. The fraction of sp³-hybridized carbons (Fsp3) is 0.409. The number of carbonyl (C=O) groups is 1. The molecule has 0 aliphatic rings. The Balaban J connectivity index is 0.000000347. The van der Waals surface area contributed by atoms with Gasteiger partial charge in [0.1, 0.15) is 16.9 Å². The van der Waals surface area contributed by atoms with Crippen molar-refractivity contribution < 1.29 is 39.0 Å². The predicted octanol–water partition coefficient (Wildman–Crippen LogP) is 11.9. The van der Waals surface area contributed by atoms with Gasteiger partial charge in [0.05, 0.1) is 12.0 Å². The minimum atomic E-state index is -0.0136. The number of para-hydroxylation sites is 1.